The summed E-state index contributed by atoms with van der Waals surface area (Å²) in [5, 5.41) is 12.1. The summed E-state index contributed by atoms with van der Waals surface area (Å²) in [6, 6.07) is 9.86. The minimum Gasteiger partial charge on any atom is -0.423 e. The predicted octanol–water partition coefficient (Wildman–Crippen LogP) is 5.36. The number of aryl methyl sites for hydroxylation is 2. The van der Waals surface area contributed by atoms with Crippen LogP contribution in [-0.4, -0.2) is 51.5 Å². The monoisotopic (exact) mass is 481 g/mol. The Labute approximate surface area is 202 Å². The van der Waals surface area contributed by atoms with Gasteiger partial charge in [-0.05, 0) is 38.0 Å². The maximum absolute atomic E-state index is 6.65. The second-order valence-electron chi connectivity index (χ2n) is 8.53. The Morgan fingerprint density at radius 3 is 2.88 bits per heavy atom. The molecule has 1 fully saturated rings. The molecule has 1 unspecified atom stereocenters. The fraction of sp³-hybridized carbons (Fsp3) is 0.375. The first-order valence-corrected chi connectivity index (χ1v) is 11.8. The van der Waals surface area contributed by atoms with Gasteiger partial charge < -0.3 is 24.7 Å². The average molecular weight is 482 g/mol. The molecular weight excluding hydrogens is 454 g/mol. The summed E-state index contributed by atoms with van der Waals surface area (Å²) in [5.74, 6) is 2.53. The average Bonchev–Trinajstić information content (AvgIpc) is 3.56. The molecule has 0 saturated carbocycles. The molecule has 1 aliphatic rings. The zero-order valence-electron chi connectivity index (χ0n) is 19.5. The molecule has 5 rings (SSSR count). The summed E-state index contributed by atoms with van der Waals surface area (Å²) in [6.45, 7) is 5.72. The third kappa shape index (κ3) is 4.67. The molecule has 10 heteroatoms. The van der Waals surface area contributed by atoms with Gasteiger partial charge in [-0.2, -0.15) is 15.1 Å². The highest BCUT2D eigenvalue weighted by Crippen LogP contribution is 2.36. The van der Waals surface area contributed by atoms with Crippen molar-refractivity contribution in [3.8, 4) is 11.8 Å². The Hall–Kier alpha value is -3.30. The lowest BCUT2D eigenvalue weighted by Gasteiger charge is -2.19. The summed E-state index contributed by atoms with van der Waals surface area (Å²) in [6.07, 6.45) is 3.09. The van der Waals surface area contributed by atoms with Crippen LogP contribution in [-0.2, 0) is 11.2 Å². The fourth-order valence-electron chi connectivity index (χ4n) is 4.23. The standard InChI is InChI=1S/C24H28ClN7O2/c1-4-5-15-11-21(31-30-15)27-20-12-22(32-9-8-16(13-32)33-3)29-24(28-20)34-19-7-6-18-17(23(19)25)10-14(2)26-18/h6-7,10-12,16,26H,4-5,8-9,13H2,1-3H3,(H2,27,28,29,30,31). The van der Waals surface area contributed by atoms with Gasteiger partial charge in [-0.3, -0.25) is 5.10 Å². The van der Waals surface area contributed by atoms with Crippen LogP contribution in [0.15, 0.2) is 30.3 Å². The van der Waals surface area contributed by atoms with E-state index in [1.807, 2.05) is 37.3 Å². The van der Waals surface area contributed by atoms with E-state index in [-0.39, 0.29) is 12.1 Å². The van der Waals surface area contributed by atoms with Crippen LogP contribution in [0.3, 0.4) is 0 Å². The van der Waals surface area contributed by atoms with E-state index in [1.54, 1.807) is 7.11 Å². The van der Waals surface area contributed by atoms with E-state index in [1.165, 1.54) is 0 Å². The molecule has 0 amide bonds. The normalized spacial score (nSPS) is 15.9. The van der Waals surface area contributed by atoms with Crippen molar-refractivity contribution >= 4 is 40.0 Å². The van der Waals surface area contributed by atoms with Crippen LogP contribution < -0.4 is 15.0 Å². The number of aromatic amines is 2. The number of nitrogens with zero attached hydrogens (tertiary/aromatic N) is 4. The Bertz CT molecular complexity index is 1300. The highest BCUT2D eigenvalue weighted by Gasteiger charge is 2.25. The Balaban J connectivity index is 1.47. The van der Waals surface area contributed by atoms with E-state index in [4.69, 9.17) is 21.1 Å². The SMILES string of the molecule is CCCc1cc(Nc2cc(N3CCC(OC)C3)nc(Oc3ccc4[nH]c(C)cc4c3Cl)n2)n[nH]1. The number of nitrogens with one attached hydrogen (secondary N) is 3. The fourth-order valence-corrected chi connectivity index (χ4v) is 4.49. The van der Waals surface area contributed by atoms with Crippen molar-refractivity contribution in [2.45, 2.75) is 39.2 Å². The van der Waals surface area contributed by atoms with Gasteiger partial charge in [0, 0.05) is 54.6 Å². The number of hydrogen-bond donors (Lipinski definition) is 3. The summed E-state index contributed by atoms with van der Waals surface area (Å²) in [7, 11) is 1.74. The van der Waals surface area contributed by atoms with Crippen LogP contribution in [0, 0.1) is 6.92 Å². The molecule has 0 spiro atoms. The Kier molecular flexibility index (Phi) is 6.30. The minimum atomic E-state index is 0.173. The molecule has 3 aromatic heterocycles. The Morgan fingerprint density at radius 2 is 2.09 bits per heavy atom. The van der Waals surface area contributed by atoms with Crippen molar-refractivity contribution in [2.75, 3.05) is 30.4 Å². The van der Waals surface area contributed by atoms with Gasteiger partial charge in [0.2, 0.25) is 0 Å². The first-order chi connectivity index (χ1) is 16.5. The van der Waals surface area contributed by atoms with E-state index >= 15 is 0 Å². The molecule has 3 N–H and O–H groups in total. The maximum atomic E-state index is 6.65. The maximum Gasteiger partial charge on any atom is 0.325 e. The van der Waals surface area contributed by atoms with E-state index < -0.39 is 0 Å². The minimum absolute atomic E-state index is 0.173. The van der Waals surface area contributed by atoms with Crippen LogP contribution in [0.1, 0.15) is 31.2 Å². The van der Waals surface area contributed by atoms with E-state index in [9.17, 15) is 0 Å². The van der Waals surface area contributed by atoms with Gasteiger partial charge in [-0.15, -0.1) is 0 Å². The number of rotatable bonds is 8. The van der Waals surface area contributed by atoms with Crippen molar-refractivity contribution in [3.05, 3.63) is 46.7 Å². The number of methoxy groups -OCH3 is 1. The number of hydrogen-bond acceptors (Lipinski definition) is 7. The van der Waals surface area contributed by atoms with Crippen molar-refractivity contribution in [1.29, 1.82) is 0 Å². The summed E-state index contributed by atoms with van der Waals surface area (Å²) in [4.78, 5) is 14.7. The molecule has 4 aromatic rings. The summed E-state index contributed by atoms with van der Waals surface area (Å²) >= 11 is 6.65. The molecule has 34 heavy (non-hydrogen) atoms. The van der Waals surface area contributed by atoms with Gasteiger partial charge in [0.15, 0.2) is 5.82 Å². The van der Waals surface area contributed by atoms with Crippen molar-refractivity contribution < 1.29 is 9.47 Å². The lowest BCUT2D eigenvalue weighted by atomic mass is 10.2. The largest absolute Gasteiger partial charge is 0.423 e. The second-order valence-corrected chi connectivity index (χ2v) is 8.91. The number of benzene rings is 1. The second kappa shape index (κ2) is 9.52. The first kappa shape index (κ1) is 22.5. The molecule has 0 bridgehead atoms. The van der Waals surface area contributed by atoms with Gasteiger partial charge in [-0.1, -0.05) is 24.9 Å². The number of halogens is 1. The zero-order valence-corrected chi connectivity index (χ0v) is 20.2. The van der Waals surface area contributed by atoms with Crippen LogP contribution in [0.25, 0.3) is 10.9 Å². The van der Waals surface area contributed by atoms with Crippen LogP contribution >= 0.6 is 11.6 Å². The number of fused-ring (bicyclic) bond motifs is 1. The molecule has 9 nitrogen and oxygen atoms in total. The molecule has 4 heterocycles. The lowest BCUT2D eigenvalue weighted by Crippen LogP contribution is -2.23. The van der Waals surface area contributed by atoms with Crippen molar-refractivity contribution in [2.24, 2.45) is 0 Å². The van der Waals surface area contributed by atoms with E-state index in [0.717, 1.165) is 60.5 Å². The molecular formula is C24H28ClN7O2. The van der Waals surface area contributed by atoms with E-state index in [0.29, 0.717) is 22.4 Å². The quantitative estimate of drug-likeness (QED) is 0.311. The molecule has 1 aliphatic heterocycles. The smallest absolute Gasteiger partial charge is 0.325 e. The first-order valence-electron chi connectivity index (χ1n) is 11.5. The zero-order chi connectivity index (χ0) is 23.7. The number of ether oxygens (including phenoxy) is 2. The van der Waals surface area contributed by atoms with Crippen LogP contribution in [0.4, 0.5) is 17.5 Å². The Morgan fingerprint density at radius 1 is 1.21 bits per heavy atom. The predicted molar refractivity (Wildman–Crippen MR) is 134 cm³/mol. The highest BCUT2D eigenvalue weighted by molar-refractivity contribution is 6.37. The van der Waals surface area contributed by atoms with Crippen molar-refractivity contribution in [1.82, 2.24) is 25.1 Å². The number of anilines is 3. The van der Waals surface area contributed by atoms with Gasteiger partial charge >= 0.3 is 6.01 Å². The van der Waals surface area contributed by atoms with Gasteiger partial charge in [-0.25, -0.2) is 0 Å². The molecule has 0 radical (unpaired) electrons. The van der Waals surface area contributed by atoms with Crippen LogP contribution in [0.5, 0.6) is 11.8 Å². The van der Waals surface area contributed by atoms with Gasteiger partial charge in [0.25, 0.3) is 0 Å². The molecule has 1 atom stereocenters. The third-order valence-electron chi connectivity index (χ3n) is 5.94. The number of H-pyrrole nitrogens is 2. The molecule has 178 valence electrons. The van der Waals surface area contributed by atoms with E-state index in [2.05, 4.69) is 42.3 Å². The number of aromatic nitrogens is 5. The topological polar surface area (TPSA) is 104 Å². The van der Waals surface area contributed by atoms with Crippen LogP contribution in [0.2, 0.25) is 5.02 Å². The lowest BCUT2D eigenvalue weighted by molar-refractivity contribution is 0.121. The highest BCUT2D eigenvalue weighted by atomic mass is 35.5. The summed E-state index contributed by atoms with van der Waals surface area (Å²) < 4.78 is 11.6. The van der Waals surface area contributed by atoms with Gasteiger partial charge in [0.05, 0.1) is 11.1 Å². The summed E-state index contributed by atoms with van der Waals surface area (Å²) in [5.41, 5.74) is 3.05. The molecule has 0 aliphatic carbocycles. The third-order valence-corrected chi connectivity index (χ3v) is 6.33. The molecule has 1 aromatic carbocycles. The van der Waals surface area contributed by atoms with Crippen molar-refractivity contribution in [3.63, 3.8) is 0 Å². The molecule has 1 saturated heterocycles. The van der Waals surface area contributed by atoms with Gasteiger partial charge in [0.1, 0.15) is 17.4 Å².